The molecule has 5 rings (SSSR count). The molecule has 2 fully saturated rings. The Balaban J connectivity index is 0. The van der Waals surface area contributed by atoms with Crippen LogP contribution in [0.1, 0.15) is 48.8 Å². The van der Waals surface area contributed by atoms with Crippen LogP contribution >= 0.6 is 0 Å². The number of aliphatic hydroxyl groups is 2. The van der Waals surface area contributed by atoms with E-state index in [4.69, 9.17) is 55.6 Å². The molecule has 2 aliphatic heterocycles. The molecule has 2 heterocycles. The monoisotopic (exact) mass is 718 g/mol. The van der Waals surface area contributed by atoms with Crippen molar-refractivity contribution < 1.29 is 74.4 Å². The number of hydrogen-bond acceptors (Lipinski definition) is 8. The Morgan fingerprint density at radius 3 is 2.14 bits per heavy atom. The minimum absolute atomic E-state index is 0. The Morgan fingerprint density at radius 2 is 1.48 bits per heavy atom. The minimum atomic E-state index is -1.50. The van der Waals surface area contributed by atoms with Crippen molar-refractivity contribution in [2.75, 3.05) is 27.3 Å². The van der Waals surface area contributed by atoms with E-state index in [2.05, 4.69) is 47.8 Å². The van der Waals surface area contributed by atoms with Gasteiger partial charge in [-0.25, -0.2) is 0 Å². The van der Waals surface area contributed by atoms with Crippen LogP contribution in [0.15, 0.2) is 48.5 Å². The van der Waals surface area contributed by atoms with E-state index in [-0.39, 0.29) is 40.2 Å². The molecule has 3 aliphatic rings. The van der Waals surface area contributed by atoms with E-state index >= 15 is 0 Å². The van der Waals surface area contributed by atoms with Crippen molar-refractivity contribution in [1.29, 1.82) is 0 Å². The van der Waals surface area contributed by atoms with Crippen molar-refractivity contribution in [3.05, 3.63) is 96.1 Å². The summed E-state index contributed by atoms with van der Waals surface area (Å²) in [5.74, 6) is 1.60. The summed E-state index contributed by atoms with van der Waals surface area (Å²) in [6.07, 6.45) is 10.8. The molecule has 14 nitrogen and oxygen atoms in total. The normalized spacial score (nSPS) is 18.5. The van der Waals surface area contributed by atoms with Crippen molar-refractivity contribution >= 4 is 11.8 Å². The molecule has 2 aromatic rings. The van der Waals surface area contributed by atoms with Gasteiger partial charge in [-0.2, -0.15) is 0 Å². The minimum Gasteiger partial charge on any atom is -0.678 e. The van der Waals surface area contributed by atoms with E-state index in [1.807, 2.05) is 12.1 Å². The Bertz CT molecular complexity index is 1090. The topological polar surface area (TPSA) is 214 Å². The molecule has 0 bridgehead atoms. The third-order valence-electron chi connectivity index (χ3n) is 6.53. The van der Waals surface area contributed by atoms with E-state index in [0.717, 1.165) is 62.2 Å². The van der Waals surface area contributed by atoms with Gasteiger partial charge in [0, 0.05) is 20.3 Å². The van der Waals surface area contributed by atoms with E-state index in [1.54, 1.807) is 0 Å². The first-order chi connectivity index (χ1) is 20.3. The predicted molar refractivity (Wildman–Crippen MR) is 155 cm³/mol. The average molecular weight is 720 g/mol. The SMILES string of the molecule is C1=Cc2cccc(OCc3cccc(COC4CCCC5CCC[N-]C54)c3)c2[N-]C1.CO.CO.O=[N+]([O-])O.O=[N+]([O-])O.[Cu+].[Cu+]. The first-order valence-corrected chi connectivity index (χ1v) is 13.4. The largest absolute Gasteiger partial charge is 1.00 e. The van der Waals surface area contributed by atoms with Crippen LogP contribution in [-0.2, 0) is 52.1 Å². The number of fused-ring (bicyclic) bond motifs is 2. The van der Waals surface area contributed by atoms with Gasteiger partial charge < -0.3 is 40.7 Å². The van der Waals surface area contributed by atoms with Crippen molar-refractivity contribution in [3.63, 3.8) is 0 Å². The molecular formula is C28H40Cu2N4O10. The summed E-state index contributed by atoms with van der Waals surface area (Å²) in [7, 11) is 2.00. The first kappa shape index (κ1) is 43.2. The van der Waals surface area contributed by atoms with Crippen LogP contribution in [0.3, 0.4) is 0 Å². The zero-order valence-corrected chi connectivity index (χ0v) is 26.3. The number of ether oxygens (including phenoxy) is 2. The van der Waals surface area contributed by atoms with Gasteiger partial charge in [-0.05, 0) is 29.2 Å². The van der Waals surface area contributed by atoms with Gasteiger partial charge in [0.05, 0.1) is 6.61 Å². The summed E-state index contributed by atoms with van der Waals surface area (Å²) >= 11 is 0. The smallest absolute Gasteiger partial charge is 0.678 e. The maximum Gasteiger partial charge on any atom is 1.00 e. The fourth-order valence-electron chi connectivity index (χ4n) is 5.04. The van der Waals surface area contributed by atoms with Gasteiger partial charge in [-0.15, -0.1) is 45.4 Å². The second-order valence-corrected chi connectivity index (χ2v) is 9.10. The molecule has 0 aromatic heterocycles. The molecular weight excluding hydrogens is 679 g/mol. The Labute approximate surface area is 278 Å². The van der Waals surface area contributed by atoms with Crippen molar-refractivity contribution in [2.45, 2.75) is 57.5 Å². The predicted octanol–water partition coefficient (Wildman–Crippen LogP) is 5.04. The van der Waals surface area contributed by atoms with Crippen molar-refractivity contribution in [1.82, 2.24) is 0 Å². The molecule has 0 radical (unpaired) electrons. The summed E-state index contributed by atoms with van der Waals surface area (Å²) < 4.78 is 12.5. The maximum atomic E-state index is 8.36. The fourth-order valence-corrected chi connectivity index (χ4v) is 5.04. The van der Waals surface area contributed by atoms with Crippen LogP contribution in [0.4, 0.5) is 5.69 Å². The summed E-state index contributed by atoms with van der Waals surface area (Å²) in [5, 5.41) is 50.8. The van der Waals surface area contributed by atoms with Crippen molar-refractivity contribution in [3.8, 4) is 5.75 Å². The van der Waals surface area contributed by atoms with Crippen LogP contribution in [0.2, 0.25) is 0 Å². The van der Waals surface area contributed by atoms with Gasteiger partial charge in [0.25, 0.3) is 10.2 Å². The van der Waals surface area contributed by atoms with Crippen LogP contribution in [-0.4, -0.2) is 70.3 Å². The summed E-state index contributed by atoms with van der Waals surface area (Å²) in [6.45, 7) is 2.92. The number of piperidine rings is 1. The van der Waals surface area contributed by atoms with E-state index < -0.39 is 10.2 Å². The molecule has 44 heavy (non-hydrogen) atoms. The molecule has 4 N–H and O–H groups in total. The van der Waals surface area contributed by atoms with Crippen LogP contribution in [0.5, 0.6) is 5.75 Å². The summed E-state index contributed by atoms with van der Waals surface area (Å²) in [4.78, 5) is 16.7. The first-order valence-electron chi connectivity index (χ1n) is 13.4. The van der Waals surface area contributed by atoms with Crippen LogP contribution in [0.25, 0.3) is 16.7 Å². The molecule has 254 valence electrons. The molecule has 0 spiro atoms. The Morgan fingerprint density at radius 1 is 0.886 bits per heavy atom. The Hall–Kier alpha value is -2.94. The van der Waals surface area contributed by atoms with E-state index in [0.29, 0.717) is 19.3 Å². The van der Waals surface area contributed by atoms with Gasteiger partial charge in [-0.3, -0.25) is 0 Å². The second-order valence-electron chi connectivity index (χ2n) is 9.10. The number of aliphatic hydroxyl groups excluding tert-OH is 2. The average Bonchev–Trinajstić information content (AvgIpc) is 3.00. The molecule has 1 saturated heterocycles. The number of rotatable bonds is 6. The standard InChI is InChI=1S/C26H30N2O2.2CH4O.2Cu.2HNO3/c1-6-19(17-29-23-12-2-8-21-10-4-14-27-25(21)23)16-20(7-1)18-30-24-13-3-9-22-11-5-15-28-26(22)24;2*1-2;;;2*2-1(3)4/h1-2,4,6-8,10,12,16,22,24,26H,3,5,9,11,13-15,17-18H2;2*2H,1H3;;;2*(H,2,3,4)/q-2;;;2*+1;;. The van der Waals surface area contributed by atoms with Gasteiger partial charge in [0.2, 0.25) is 0 Å². The zero-order valence-electron chi connectivity index (χ0n) is 24.4. The van der Waals surface area contributed by atoms with Crippen LogP contribution in [0, 0.1) is 26.1 Å². The Kier molecular flexibility index (Phi) is 24.9. The number of nitrogens with zero attached hydrogens (tertiary/aromatic N) is 4. The van der Waals surface area contributed by atoms with Gasteiger partial charge in [0.1, 0.15) is 12.4 Å². The molecule has 16 heteroatoms. The molecule has 1 saturated carbocycles. The summed E-state index contributed by atoms with van der Waals surface area (Å²) in [6, 6.07) is 15.1. The van der Waals surface area contributed by atoms with Crippen molar-refractivity contribution in [2.24, 2.45) is 5.92 Å². The summed E-state index contributed by atoms with van der Waals surface area (Å²) in [5.41, 5.74) is 4.45. The molecule has 3 atom stereocenters. The van der Waals surface area contributed by atoms with Gasteiger partial charge in [-0.1, -0.05) is 79.8 Å². The van der Waals surface area contributed by atoms with E-state index in [1.165, 1.54) is 31.2 Å². The third-order valence-corrected chi connectivity index (χ3v) is 6.53. The molecule has 0 amide bonds. The number of hydrogen-bond donors (Lipinski definition) is 4. The van der Waals surface area contributed by atoms with E-state index in [9.17, 15) is 0 Å². The van der Waals surface area contributed by atoms with Crippen LogP contribution < -0.4 is 4.74 Å². The number of para-hydroxylation sites is 1. The van der Waals surface area contributed by atoms with Gasteiger partial charge >= 0.3 is 34.1 Å². The quantitative estimate of drug-likeness (QED) is 0.177. The second kappa shape index (κ2) is 25.4. The zero-order chi connectivity index (χ0) is 31.3. The molecule has 2 aromatic carbocycles. The fraction of sp³-hybridized carbons (Fsp3) is 0.500. The third kappa shape index (κ3) is 16.2. The molecule has 3 unspecified atom stereocenters. The number of benzene rings is 2. The molecule has 1 aliphatic carbocycles. The van der Waals surface area contributed by atoms with Gasteiger partial charge in [0.15, 0.2) is 0 Å². The maximum absolute atomic E-state index is 8.36.